The summed E-state index contributed by atoms with van der Waals surface area (Å²) < 4.78 is 5.40. The van der Waals surface area contributed by atoms with Crippen LogP contribution < -0.4 is 11.1 Å². The summed E-state index contributed by atoms with van der Waals surface area (Å²) in [6, 6.07) is 6.91. The molecule has 0 radical (unpaired) electrons. The van der Waals surface area contributed by atoms with Crippen LogP contribution in [0.5, 0.6) is 0 Å². The van der Waals surface area contributed by atoms with Crippen molar-refractivity contribution >= 4 is 22.6 Å². The number of amides is 1. The molecule has 1 amide bonds. The second kappa shape index (κ2) is 4.62. The maximum Gasteiger partial charge on any atom is 0.287 e. The van der Waals surface area contributed by atoms with Crippen molar-refractivity contribution in [3.05, 3.63) is 30.0 Å². The molecular formula is C13H12N2O2. The Bertz CT molecular complexity index is 617. The summed E-state index contributed by atoms with van der Waals surface area (Å²) in [7, 11) is 0. The Morgan fingerprint density at radius 1 is 1.47 bits per heavy atom. The van der Waals surface area contributed by atoms with E-state index in [0.717, 1.165) is 5.39 Å². The number of rotatable bonds is 2. The Morgan fingerprint density at radius 2 is 2.29 bits per heavy atom. The molecule has 2 aromatic rings. The first-order valence-electron chi connectivity index (χ1n) is 5.17. The van der Waals surface area contributed by atoms with Crippen LogP contribution in [0, 0.1) is 11.8 Å². The summed E-state index contributed by atoms with van der Waals surface area (Å²) in [6.07, 6.45) is 0. The second-order valence-electron chi connectivity index (χ2n) is 3.52. The van der Waals surface area contributed by atoms with Crippen LogP contribution in [0.4, 0.5) is 5.69 Å². The molecule has 2 rings (SSSR count). The molecule has 0 aliphatic heterocycles. The molecule has 3 N–H and O–H groups in total. The third-order valence-electron chi connectivity index (χ3n) is 2.28. The topological polar surface area (TPSA) is 68.3 Å². The molecule has 0 fully saturated rings. The van der Waals surface area contributed by atoms with Gasteiger partial charge in [0.15, 0.2) is 5.76 Å². The van der Waals surface area contributed by atoms with E-state index in [-0.39, 0.29) is 11.7 Å². The van der Waals surface area contributed by atoms with Gasteiger partial charge in [0.25, 0.3) is 5.91 Å². The lowest BCUT2D eigenvalue weighted by Gasteiger charge is -1.95. The van der Waals surface area contributed by atoms with Crippen LogP contribution in [0.15, 0.2) is 28.7 Å². The summed E-state index contributed by atoms with van der Waals surface area (Å²) >= 11 is 0. The largest absolute Gasteiger partial charge is 0.451 e. The molecule has 4 nitrogen and oxygen atoms in total. The number of furan rings is 1. The first kappa shape index (κ1) is 11.1. The fourth-order valence-electron chi connectivity index (χ4n) is 1.47. The molecule has 0 aliphatic rings. The van der Waals surface area contributed by atoms with E-state index in [1.165, 1.54) is 0 Å². The predicted molar refractivity (Wildman–Crippen MR) is 66.4 cm³/mol. The number of fused-ring (bicyclic) bond motifs is 1. The number of hydrogen-bond acceptors (Lipinski definition) is 3. The van der Waals surface area contributed by atoms with Gasteiger partial charge in [-0.2, -0.15) is 0 Å². The quantitative estimate of drug-likeness (QED) is 0.608. The molecule has 0 aliphatic carbocycles. The van der Waals surface area contributed by atoms with Crippen molar-refractivity contribution < 1.29 is 9.21 Å². The maximum absolute atomic E-state index is 11.7. The summed E-state index contributed by atoms with van der Waals surface area (Å²) in [5.41, 5.74) is 6.93. The van der Waals surface area contributed by atoms with Crippen LogP contribution in [0.3, 0.4) is 0 Å². The van der Waals surface area contributed by atoms with Crippen LogP contribution in [0.2, 0.25) is 0 Å². The lowest BCUT2D eigenvalue weighted by Crippen LogP contribution is -2.22. The van der Waals surface area contributed by atoms with Gasteiger partial charge in [-0.25, -0.2) is 0 Å². The number of benzene rings is 1. The zero-order valence-electron chi connectivity index (χ0n) is 9.41. The van der Waals surface area contributed by atoms with Gasteiger partial charge >= 0.3 is 0 Å². The number of hydrogen-bond donors (Lipinski definition) is 2. The van der Waals surface area contributed by atoms with Gasteiger partial charge in [0, 0.05) is 11.1 Å². The number of anilines is 1. The van der Waals surface area contributed by atoms with E-state index in [4.69, 9.17) is 10.2 Å². The van der Waals surface area contributed by atoms with Crippen molar-refractivity contribution in [2.24, 2.45) is 0 Å². The maximum atomic E-state index is 11.7. The Hall–Kier alpha value is -2.41. The zero-order chi connectivity index (χ0) is 12.3. The summed E-state index contributed by atoms with van der Waals surface area (Å²) in [6.45, 7) is 2.03. The fourth-order valence-corrected chi connectivity index (χ4v) is 1.47. The van der Waals surface area contributed by atoms with Crippen LogP contribution in [0.25, 0.3) is 11.0 Å². The normalized spacial score (nSPS) is 9.71. The Labute approximate surface area is 98.8 Å². The van der Waals surface area contributed by atoms with Gasteiger partial charge in [0.2, 0.25) is 0 Å². The van der Waals surface area contributed by atoms with Gasteiger partial charge in [-0.1, -0.05) is 5.92 Å². The van der Waals surface area contributed by atoms with E-state index < -0.39 is 0 Å². The van der Waals surface area contributed by atoms with E-state index in [1.54, 1.807) is 31.2 Å². The van der Waals surface area contributed by atoms with Crippen molar-refractivity contribution in [2.45, 2.75) is 6.92 Å². The summed E-state index contributed by atoms with van der Waals surface area (Å²) in [5, 5.41) is 3.45. The predicted octanol–water partition coefficient (Wildman–Crippen LogP) is 1.77. The monoisotopic (exact) mass is 228 g/mol. The first-order valence-corrected chi connectivity index (χ1v) is 5.17. The number of carbonyl (C=O) groups excluding carboxylic acids is 1. The lowest BCUT2D eigenvalue weighted by molar-refractivity contribution is 0.0933. The van der Waals surface area contributed by atoms with E-state index in [2.05, 4.69) is 17.2 Å². The molecule has 0 atom stereocenters. The van der Waals surface area contributed by atoms with Gasteiger partial charge in [0.1, 0.15) is 5.58 Å². The van der Waals surface area contributed by atoms with Gasteiger partial charge in [-0.15, -0.1) is 5.92 Å². The first-order chi connectivity index (χ1) is 8.20. The highest BCUT2D eigenvalue weighted by atomic mass is 16.3. The number of nitrogen functional groups attached to an aromatic ring is 1. The molecular weight excluding hydrogens is 216 g/mol. The molecule has 0 saturated carbocycles. The Balaban J connectivity index is 2.23. The van der Waals surface area contributed by atoms with Crippen LogP contribution in [-0.2, 0) is 0 Å². The van der Waals surface area contributed by atoms with Gasteiger partial charge < -0.3 is 15.5 Å². The standard InChI is InChI=1S/C13H12N2O2/c1-2-3-6-15-13(16)12-8-9-7-10(14)4-5-11(9)17-12/h4-5,7-8H,6,14H2,1H3,(H,15,16). The highest BCUT2D eigenvalue weighted by Crippen LogP contribution is 2.21. The third-order valence-corrected chi connectivity index (χ3v) is 2.28. The minimum Gasteiger partial charge on any atom is -0.451 e. The molecule has 0 saturated heterocycles. The fraction of sp³-hybridized carbons (Fsp3) is 0.154. The molecule has 0 spiro atoms. The molecule has 4 heteroatoms. The zero-order valence-corrected chi connectivity index (χ0v) is 9.41. The van der Waals surface area contributed by atoms with E-state index in [0.29, 0.717) is 17.8 Å². The van der Waals surface area contributed by atoms with E-state index >= 15 is 0 Å². The van der Waals surface area contributed by atoms with E-state index in [9.17, 15) is 4.79 Å². The molecule has 17 heavy (non-hydrogen) atoms. The third kappa shape index (κ3) is 2.40. The number of nitrogens with one attached hydrogen (secondary N) is 1. The van der Waals surface area contributed by atoms with Crippen molar-refractivity contribution in [1.29, 1.82) is 0 Å². The number of nitrogens with two attached hydrogens (primary N) is 1. The molecule has 1 heterocycles. The summed E-state index contributed by atoms with van der Waals surface area (Å²) in [4.78, 5) is 11.7. The average molecular weight is 228 g/mol. The molecule has 0 unspecified atom stereocenters. The highest BCUT2D eigenvalue weighted by Gasteiger charge is 2.11. The van der Waals surface area contributed by atoms with Gasteiger partial charge in [-0.3, -0.25) is 4.79 Å². The molecule has 1 aromatic heterocycles. The number of carbonyl (C=O) groups is 1. The van der Waals surface area contributed by atoms with Gasteiger partial charge in [-0.05, 0) is 31.2 Å². The van der Waals surface area contributed by atoms with Crippen molar-refractivity contribution in [3.8, 4) is 11.8 Å². The average Bonchev–Trinajstić information content (AvgIpc) is 2.72. The minimum absolute atomic E-state index is 0.267. The Morgan fingerprint density at radius 3 is 3.06 bits per heavy atom. The summed E-state index contributed by atoms with van der Waals surface area (Å²) in [5.74, 6) is 5.44. The van der Waals surface area contributed by atoms with Gasteiger partial charge in [0.05, 0.1) is 6.54 Å². The smallest absolute Gasteiger partial charge is 0.287 e. The van der Waals surface area contributed by atoms with Crippen molar-refractivity contribution in [1.82, 2.24) is 5.32 Å². The van der Waals surface area contributed by atoms with Crippen LogP contribution in [-0.4, -0.2) is 12.5 Å². The second-order valence-corrected chi connectivity index (χ2v) is 3.52. The molecule has 1 aromatic carbocycles. The van der Waals surface area contributed by atoms with Crippen LogP contribution in [0.1, 0.15) is 17.5 Å². The molecule has 0 bridgehead atoms. The van der Waals surface area contributed by atoms with Crippen LogP contribution >= 0.6 is 0 Å². The SMILES string of the molecule is CC#CCNC(=O)c1cc2cc(N)ccc2o1. The Kier molecular flexibility index (Phi) is 3.01. The van der Waals surface area contributed by atoms with Crippen molar-refractivity contribution in [2.75, 3.05) is 12.3 Å². The highest BCUT2D eigenvalue weighted by molar-refractivity contribution is 5.96. The van der Waals surface area contributed by atoms with E-state index in [1.807, 2.05) is 0 Å². The lowest BCUT2D eigenvalue weighted by atomic mass is 10.2. The minimum atomic E-state index is -0.275. The molecule has 86 valence electrons. The van der Waals surface area contributed by atoms with Crippen molar-refractivity contribution in [3.63, 3.8) is 0 Å².